The van der Waals surface area contributed by atoms with Gasteiger partial charge in [0.05, 0.1) is 0 Å². The standard InChI is InChI=1S/C43H54N10/c1-49-24-28-51(29-25-49)22-8-6-20-44-32-35-12-16-37(17-13-35)40-41-43(53(34-46-41)39-10-4-3-5-11-39)48-42(47-40)38-18-14-36(15-19-38)33-45-21-7-9-23-52-30-26-50(2)27-31-52/h3-5,10-19,32-34H,6-9,20-31H2,1-2H3. The summed E-state index contributed by atoms with van der Waals surface area (Å²) < 4.78 is 2.04. The highest BCUT2D eigenvalue weighted by Crippen LogP contribution is 2.30. The Balaban J connectivity index is 1.01. The molecule has 10 nitrogen and oxygen atoms in total. The molecule has 2 fully saturated rings. The molecule has 0 radical (unpaired) electrons. The van der Waals surface area contributed by atoms with Gasteiger partial charge in [-0.05, 0) is 76.1 Å². The van der Waals surface area contributed by atoms with Crippen molar-refractivity contribution in [2.45, 2.75) is 25.7 Å². The summed E-state index contributed by atoms with van der Waals surface area (Å²) in [4.78, 5) is 34.4. The molecule has 10 heteroatoms. The number of piperazine rings is 2. The van der Waals surface area contributed by atoms with Crippen LogP contribution in [0.2, 0.25) is 0 Å². The predicted octanol–water partition coefficient (Wildman–Crippen LogP) is 6.04. The molecule has 2 aliphatic rings. The van der Waals surface area contributed by atoms with Crippen LogP contribution in [-0.2, 0) is 0 Å². The summed E-state index contributed by atoms with van der Waals surface area (Å²) >= 11 is 0. The molecule has 0 spiro atoms. The number of unbranched alkanes of at least 4 members (excludes halogenated alkanes) is 2. The molecule has 2 saturated heterocycles. The average Bonchev–Trinajstić information content (AvgIpc) is 3.64. The van der Waals surface area contributed by atoms with Gasteiger partial charge in [0.25, 0.3) is 0 Å². The van der Waals surface area contributed by atoms with Gasteiger partial charge in [-0.3, -0.25) is 14.6 Å². The van der Waals surface area contributed by atoms with Gasteiger partial charge in [-0.2, -0.15) is 0 Å². The number of nitrogens with zero attached hydrogens (tertiary/aromatic N) is 10. The molecule has 0 atom stereocenters. The minimum Gasteiger partial charge on any atom is -0.304 e. The van der Waals surface area contributed by atoms with E-state index in [-0.39, 0.29) is 0 Å². The van der Waals surface area contributed by atoms with Crippen molar-refractivity contribution in [3.8, 4) is 28.3 Å². The molecule has 0 saturated carbocycles. The van der Waals surface area contributed by atoms with E-state index in [9.17, 15) is 0 Å². The van der Waals surface area contributed by atoms with Gasteiger partial charge >= 0.3 is 0 Å². The van der Waals surface area contributed by atoms with Crippen LogP contribution in [0.1, 0.15) is 36.8 Å². The van der Waals surface area contributed by atoms with Crippen LogP contribution in [-0.4, -0.2) is 144 Å². The first-order valence-electron chi connectivity index (χ1n) is 19.4. The molecule has 0 unspecified atom stereocenters. The van der Waals surface area contributed by atoms with E-state index in [0.29, 0.717) is 5.82 Å². The molecule has 3 aromatic carbocycles. The molecule has 0 aliphatic carbocycles. The zero-order chi connectivity index (χ0) is 36.2. The van der Waals surface area contributed by atoms with Gasteiger partial charge in [0.2, 0.25) is 0 Å². The lowest BCUT2D eigenvalue weighted by Crippen LogP contribution is -2.44. The van der Waals surface area contributed by atoms with E-state index in [1.807, 2.05) is 41.5 Å². The number of aromatic nitrogens is 4. The highest BCUT2D eigenvalue weighted by atomic mass is 15.2. The number of fused-ring (bicyclic) bond motifs is 1. The van der Waals surface area contributed by atoms with Crippen molar-refractivity contribution in [3.05, 3.63) is 96.3 Å². The third-order valence-electron chi connectivity index (χ3n) is 10.5. The van der Waals surface area contributed by atoms with Gasteiger partial charge in [-0.15, -0.1) is 0 Å². The minimum atomic E-state index is 0.666. The first-order chi connectivity index (χ1) is 26.1. The van der Waals surface area contributed by atoms with Crippen molar-refractivity contribution in [2.75, 3.05) is 92.6 Å². The molecule has 5 aromatic rings. The molecule has 0 N–H and O–H groups in total. The van der Waals surface area contributed by atoms with E-state index < -0.39 is 0 Å². The number of benzene rings is 3. The van der Waals surface area contributed by atoms with Crippen LogP contribution in [0, 0.1) is 0 Å². The topological polar surface area (TPSA) is 81.3 Å². The Morgan fingerprint density at radius 1 is 0.585 bits per heavy atom. The fourth-order valence-corrected chi connectivity index (χ4v) is 7.01. The number of hydrogen-bond acceptors (Lipinski definition) is 9. The second kappa shape index (κ2) is 18.4. The Labute approximate surface area is 314 Å². The van der Waals surface area contributed by atoms with E-state index in [4.69, 9.17) is 24.9 Å². The Hall–Kier alpha value is -4.61. The molecule has 4 heterocycles. The van der Waals surface area contributed by atoms with E-state index >= 15 is 0 Å². The fraction of sp³-hybridized carbons (Fsp3) is 0.419. The molecule has 276 valence electrons. The monoisotopic (exact) mass is 710 g/mol. The summed E-state index contributed by atoms with van der Waals surface area (Å²) in [5.41, 5.74) is 7.49. The van der Waals surface area contributed by atoms with Crippen molar-refractivity contribution in [1.82, 2.24) is 39.1 Å². The maximum Gasteiger partial charge on any atom is 0.169 e. The van der Waals surface area contributed by atoms with Gasteiger partial charge in [0, 0.05) is 94.7 Å². The summed E-state index contributed by atoms with van der Waals surface area (Å²) in [6.07, 6.45) is 10.4. The quantitative estimate of drug-likeness (QED) is 0.0969. The lowest BCUT2D eigenvalue weighted by Gasteiger charge is -2.32. The van der Waals surface area contributed by atoms with E-state index in [1.54, 1.807) is 0 Å². The van der Waals surface area contributed by atoms with Crippen LogP contribution in [0.3, 0.4) is 0 Å². The smallest absolute Gasteiger partial charge is 0.169 e. The summed E-state index contributed by atoms with van der Waals surface area (Å²) in [5, 5.41) is 0. The zero-order valence-electron chi connectivity index (χ0n) is 31.5. The second-order valence-corrected chi connectivity index (χ2v) is 14.5. The molecule has 2 aromatic heterocycles. The van der Waals surface area contributed by atoms with Crippen LogP contribution < -0.4 is 0 Å². The lowest BCUT2D eigenvalue weighted by molar-refractivity contribution is 0.152. The lowest BCUT2D eigenvalue weighted by atomic mass is 10.1. The van der Waals surface area contributed by atoms with E-state index in [0.717, 1.165) is 70.7 Å². The van der Waals surface area contributed by atoms with Gasteiger partial charge in [0.15, 0.2) is 11.5 Å². The number of hydrogen-bond donors (Lipinski definition) is 0. The van der Waals surface area contributed by atoms with Crippen molar-refractivity contribution in [1.29, 1.82) is 0 Å². The summed E-state index contributed by atoms with van der Waals surface area (Å²) in [5.74, 6) is 0.666. The fourth-order valence-electron chi connectivity index (χ4n) is 7.01. The highest BCUT2D eigenvalue weighted by molar-refractivity contribution is 5.91. The summed E-state index contributed by atoms with van der Waals surface area (Å²) in [7, 11) is 4.41. The number of para-hydroxylation sites is 1. The Bertz CT molecular complexity index is 1920. The van der Waals surface area contributed by atoms with Crippen LogP contribution in [0.15, 0.2) is 95.2 Å². The molecular weight excluding hydrogens is 657 g/mol. The minimum absolute atomic E-state index is 0.666. The van der Waals surface area contributed by atoms with Crippen molar-refractivity contribution in [3.63, 3.8) is 0 Å². The molecular formula is C43H54N10. The summed E-state index contributed by atoms with van der Waals surface area (Å²) in [6.45, 7) is 13.4. The maximum absolute atomic E-state index is 5.12. The SMILES string of the molecule is CN1CCN(CCCCN=Cc2ccc(-c3nc(-c4ccc(C=NCCCCN5CCN(C)CC5)cc4)c4ncn(-c5ccccc5)c4n3)cc2)CC1. The van der Waals surface area contributed by atoms with Crippen molar-refractivity contribution in [2.24, 2.45) is 9.98 Å². The van der Waals surface area contributed by atoms with Crippen LogP contribution in [0.25, 0.3) is 39.5 Å². The average molecular weight is 711 g/mol. The summed E-state index contributed by atoms with van der Waals surface area (Å²) in [6, 6.07) is 27.1. The first kappa shape index (κ1) is 36.7. The normalized spacial score (nSPS) is 16.8. The zero-order valence-corrected chi connectivity index (χ0v) is 31.5. The largest absolute Gasteiger partial charge is 0.304 e. The molecule has 0 amide bonds. The molecule has 53 heavy (non-hydrogen) atoms. The third kappa shape index (κ3) is 10.1. The van der Waals surface area contributed by atoms with Crippen molar-refractivity contribution < 1.29 is 0 Å². The van der Waals surface area contributed by atoms with Crippen LogP contribution in [0.5, 0.6) is 0 Å². The van der Waals surface area contributed by atoms with Crippen LogP contribution >= 0.6 is 0 Å². The van der Waals surface area contributed by atoms with Gasteiger partial charge in [-0.1, -0.05) is 66.7 Å². The Morgan fingerprint density at radius 2 is 1.11 bits per heavy atom. The van der Waals surface area contributed by atoms with Crippen molar-refractivity contribution >= 4 is 23.6 Å². The molecule has 0 bridgehead atoms. The van der Waals surface area contributed by atoms with Gasteiger partial charge in [0.1, 0.15) is 17.5 Å². The Kier molecular flexibility index (Phi) is 12.8. The number of aliphatic imine (C=N–C) groups is 2. The highest BCUT2D eigenvalue weighted by Gasteiger charge is 2.18. The second-order valence-electron chi connectivity index (χ2n) is 14.5. The Morgan fingerprint density at radius 3 is 1.66 bits per heavy atom. The number of imidazole rings is 1. The number of rotatable bonds is 15. The van der Waals surface area contributed by atoms with Gasteiger partial charge in [-0.25, -0.2) is 15.0 Å². The number of likely N-dealkylation sites (N-methyl/N-ethyl adjacent to an activating group) is 2. The van der Waals surface area contributed by atoms with Gasteiger partial charge < -0.3 is 19.6 Å². The van der Waals surface area contributed by atoms with Crippen LogP contribution in [0.4, 0.5) is 0 Å². The maximum atomic E-state index is 5.12. The molecule has 7 rings (SSSR count). The predicted molar refractivity (Wildman–Crippen MR) is 219 cm³/mol. The third-order valence-corrected chi connectivity index (χ3v) is 10.5. The van der Waals surface area contributed by atoms with E-state index in [2.05, 4.69) is 94.4 Å². The first-order valence-corrected chi connectivity index (χ1v) is 19.4. The molecule has 2 aliphatic heterocycles. The van der Waals surface area contributed by atoms with E-state index in [1.165, 1.54) is 78.3 Å².